The number of rotatable bonds is 3. The van der Waals surface area contributed by atoms with E-state index in [-0.39, 0.29) is 17.8 Å². The summed E-state index contributed by atoms with van der Waals surface area (Å²) in [5.74, 6) is -2.41. The van der Waals surface area contributed by atoms with Crippen LogP contribution in [0.15, 0.2) is 36.4 Å². The van der Waals surface area contributed by atoms with Gasteiger partial charge in [0, 0.05) is 24.7 Å². The number of carbonyl (C=O) groups is 1. The molecule has 0 unspecified atom stereocenters. The van der Waals surface area contributed by atoms with Crippen molar-refractivity contribution in [2.75, 3.05) is 12.8 Å². The fraction of sp³-hybridized carbons (Fsp3) is 0.133. The van der Waals surface area contributed by atoms with Crippen molar-refractivity contribution in [3.8, 4) is 0 Å². The van der Waals surface area contributed by atoms with Crippen molar-refractivity contribution in [1.82, 2.24) is 4.90 Å². The van der Waals surface area contributed by atoms with Crippen molar-refractivity contribution in [1.29, 1.82) is 0 Å². The van der Waals surface area contributed by atoms with Gasteiger partial charge in [-0.3, -0.25) is 4.79 Å². The van der Waals surface area contributed by atoms with E-state index >= 15 is 0 Å². The fourth-order valence-corrected chi connectivity index (χ4v) is 2.13. The lowest BCUT2D eigenvalue weighted by molar-refractivity contribution is 0.0780. The van der Waals surface area contributed by atoms with E-state index in [0.717, 1.165) is 11.6 Å². The number of halogens is 3. The SMILES string of the molecule is CN(Cc1cccc(Cl)c1)C(=O)c1cc(N)c(F)cc1F. The zero-order valence-corrected chi connectivity index (χ0v) is 12.0. The highest BCUT2D eigenvalue weighted by Gasteiger charge is 2.18. The van der Waals surface area contributed by atoms with E-state index in [0.29, 0.717) is 11.1 Å². The minimum absolute atomic E-state index is 0.246. The zero-order chi connectivity index (χ0) is 15.6. The number of hydrogen-bond donors (Lipinski definition) is 1. The van der Waals surface area contributed by atoms with Gasteiger partial charge in [0.2, 0.25) is 0 Å². The topological polar surface area (TPSA) is 46.3 Å². The van der Waals surface area contributed by atoms with Crippen LogP contribution < -0.4 is 5.73 Å². The monoisotopic (exact) mass is 310 g/mol. The van der Waals surface area contributed by atoms with Gasteiger partial charge < -0.3 is 10.6 Å². The van der Waals surface area contributed by atoms with E-state index in [2.05, 4.69) is 0 Å². The molecule has 0 spiro atoms. The molecule has 0 bridgehead atoms. The Hall–Kier alpha value is -2.14. The Balaban J connectivity index is 2.22. The van der Waals surface area contributed by atoms with Crippen molar-refractivity contribution in [3.05, 3.63) is 64.2 Å². The van der Waals surface area contributed by atoms with Gasteiger partial charge in [0.25, 0.3) is 5.91 Å². The molecule has 0 saturated carbocycles. The largest absolute Gasteiger partial charge is 0.396 e. The maximum Gasteiger partial charge on any atom is 0.256 e. The average Bonchev–Trinajstić information content (AvgIpc) is 2.42. The molecular weight excluding hydrogens is 298 g/mol. The van der Waals surface area contributed by atoms with Crippen molar-refractivity contribution in [3.63, 3.8) is 0 Å². The van der Waals surface area contributed by atoms with Gasteiger partial charge in [-0.25, -0.2) is 8.78 Å². The Labute approximate surface area is 125 Å². The van der Waals surface area contributed by atoms with Crippen LogP contribution in [0.1, 0.15) is 15.9 Å². The highest BCUT2D eigenvalue weighted by molar-refractivity contribution is 6.30. The van der Waals surface area contributed by atoms with Crippen LogP contribution in [-0.4, -0.2) is 17.9 Å². The standard InChI is InChI=1S/C15H13ClF2N2O/c1-20(8-9-3-2-4-10(16)5-9)15(21)11-6-14(19)13(18)7-12(11)17/h2-7H,8,19H2,1H3. The minimum Gasteiger partial charge on any atom is -0.396 e. The average molecular weight is 311 g/mol. The number of amides is 1. The zero-order valence-electron chi connectivity index (χ0n) is 11.2. The number of benzene rings is 2. The molecule has 0 radical (unpaired) electrons. The van der Waals surface area contributed by atoms with Gasteiger partial charge in [-0.2, -0.15) is 0 Å². The summed E-state index contributed by atoms with van der Waals surface area (Å²) in [5.41, 5.74) is 5.64. The second kappa shape index (κ2) is 6.10. The van der Waals surface area contributed by atoms with E-state index < -0.39 is 17.5 Å². The Morgan fingerprint density at radius 1 is 1.24 bits per heavy atom. The molecule has 110 valence electrons. The van der Waals surface area contributed by atoms with E-state index in [1.54, 1.807) is 24.3 Å². The van der Waals surface area contributed by atoms with E-state index in [1.807, 2.05) is 0 Å². The third-order valence-corrected chi connectivity index (χ3v) is 3.21. The Kier molecular flexibility index (Phi) is 4.43. The third kappa shape index (κ3) is 3.49. The first-order valence-electron chi connectivity index (χ1n) is 6.13. The number of nitrogen functional groups attached to an aromatic ring is 1. The predicted molar refractivity (Wildman–Crippen MR) is 78.0 cm³/mol. The maximum absolute atomic E-state index is 13.7. The van der Waals surface area contributed by atoms with Gasteiger partial charge in [-0.15, -0.1) is 0 Å². The maximum atomic E-state index is 13.7. The molecule has 3 nitrogen and oxygen atoms in total. The fourth-order valence-electron chi connectivity index (χ4n) is 1.92. The number of hydrogen-bond acceptors (Lipinski definition) is 2. The van der Waals surface area contributed by atoms with Gasteiger partial charge in [-0.05, 0) is 23.8 Å². The normalized spacial score (nSPS) is 10.5. The first kappa shape index (κ1) is 15.3. The second-order valence-electron chi connectivity index (χ2n) is 4.64. The molecule has 0 saturated heterocycles. The molecule has 0 fully saturated rings. The number of nitrogens with zero attached hydrogens (tertiary/aromatic N) is 1. The molecule has 0 aliphatic heterocycles. The van der Waals surface area contributed by atoms with Crippen LogP contribution in [-0.2, 0) is 6.54 Å². The summed E-state index contributed by atoms with van der Waals surface area (Å²) in [6, 6.07) is 8.59. The second-order valence-corrected chi connectivity index (χ2v) is 5.08. The lowest BCUT2D eigenvalue weighted by Crippen LogP contribution is -2.27. The Bertz CT molecular complexity index is 691. The van der Waals surface area contributed by atoms with Crippen LogP contribution in [0.4, 0.5) is 14.5 Å². The van der Waals surface area contributed by atoms with Crippen molar-refractivity contribution in [2.45, 2.75) is 6.54 Å². The quantitative estimate of drug-likeness (QED) is 0.882. The Morgan fingerprint density at radius 3 is 2.62 bits per heavy atom. The number of anilines is 1. The predicted octanol–water partition coefficient (Wildman–Crippen LogP) is 3.47. The summed E-state index contributed by atoms with van der Waals surface area (Å²) in [7, 11) is 1.52. The molecule has 0 atom stereocenters. The molecule has 6 heteroatoms. The molecule has 0 aromatic heterocycles. The van der Waals surface area contributed by atoms with Gasteiger partial charge in [0.15, 0.2) is 0 Å². The van der Waals surface area contributed by atoms with Gasteiger partial charge >= 0.3 is 0 Å². The molecule has 21 heavy (non-hydrogen) atoms. The number of carbonyl (C=O) groups excluding carboxylic acids is 1. The van der Waals surface area contributed by atoms with Crippen LogP contribution in [0.3, 0.4) is 0 Å². The van der Waals surface area contributed by atoms with Crippen LogP contribution in [0.25, 0.3) is 0 Å². The van der Waals surface area contributed by atoms with Crippen LogP contribution in [0, 0.1) is 11.6 Å². The Morgan fingerprint density at radius 2 is 1.95 bits per heavy atom. The molecular formula is C15H13ClF2N2O. The van der Waals surface area contributed by atoms with Gasteiger partial charge in [0.05, 0.1) is 11.3 Å². The molecule has 0 aliphatic carbocycles. The molecule has 2 rings (SSSR count). The summed E-state index contributed by atoms with van der Waals surface area (Å²) in [6.45, 7) is 0.246. The lowest BCUT2D eigenvalue weighted by Gasteiger charge is -2.18. The molecule has 2 aromatic carbocycles. The van der Waals surface area contributed by atoms with Crippen LogP contribution in [0.2, 0.25) is 5.02 Å². The van der Waals surface area contributed by atoms with Crippen molar-refractivity contribution < 1.29 is 13.6 Å². The third-order valence-electron chi connectivity index (χ3n) is 2.97. The summed E-state index contributed by atoms with van der Waals surface area (Å²) in [5, 5.41) is 0.547. The highest BCUT2D eigenvalue weighted by Crippen LogP contribution is 2.19. The van der Waals surface area contributed by atoms with Crippen molar-refractivity contribution >= 4 is 23.2 Å². The lowest BCUT2D eigenvalue weighted by atomic mass is 10.1. The molecule has 1 amide bonds. The summed E-state index contributed by atoms with van der Waals surface area (Å²) in [6.07, 6.45) is 0. The summed E-state index contributed by atoms with van der Waals surface area (Å²) < 4.78 is 26.8. The van der Waals surface area contributed by atoms with E-state index in [9.17, 15) is 13.6 Å². The van der Waals surface area contributed by atoms with Gasteiger partial charge in [0.1, 0.15) is 11.6 Å². The summed E-state index contributed by atoms with van der Waals surface area (Å²) in [4.78, 5) is 13.5. The summed E-state index contributed by atoms with van der Waals surface area (Å²) >= 11 is 5.87. The van der Waals surface area contributed by atoms with E-state index in [4.69, 9.17) is 17.3 Å². The van der Waals surface area contributed by atoms with E-state index in [1.165, 1.54) is 11.9 Å². The highest BCUT2D eigenvalue weighted by atomic mass is 35.5. The van der Waals surface area contributed by atoms with Crippen LogP contribution in [0.5, 0.6) is 0 Å². The smallest absolute Gasteiger partial charge is 0.256 e. The number of nitrogens with two attached hydrogens (primary N) is 1. The van der Waals surface area contributed by atoms with Crippen molar-refractivity contribution in [2.24, 2.45) is 0 Å². The molecule has 2 N–H and O–H groups in total. The molecule has 0 aliphatic rings. The molecule has 2 aromatic rings. The molecule has 0 heterocycles. The van der Waals surface area contributed by atoms with Crippen LogP contribution >= 0.6 is 11.6 Å². The first-order valence-corrected chi connectivity index (χ1v) is 6.50. The van der Waals surface area contributed by atoms with Gasteiger partial charge in [-0.1, -0.05) is 23.7 Å². The first-order chi connectivity index (χ1) is 9.88. The minimum atomic E-state index is -0.940.